The minimum Gasteiger partial charge on any atom is -0.497 e. The average molecular weight is 334 g/mol. The fourth-order valence-electron chi connectivity index (χ4n) is 2.49. The van der Waals surface area contributed by atoms with Crippen LogP contribution in [-0.2, 0) is 4.74 Å². The number of benzene rings is 1. The minimum absolute atomic E-state index is 0.0726. The Labute approximate surface area is 143 Å². The molecule has 0 N–H and O–H groups in total. The van der Waals surface area contributed by atoms with E-state index in [0.29, 0.717) is 38.3 Å². The zero-order chi connectivity index (χ0) is 17.7. The van der Waals surface area contributed by atoms with Gasteiger partial charge in [-0.15, -0.1) is 0 Å². The number of ketones is 1. The molecule has 2 rings (SSSR count). The van der Waals surface area contributed by atoms with Gasteiger partial charge in [-0.05, 0) is 45.0 Å². The molecule has 6 heteroatoms. The monoisotopic (exact) mass is 334 g/mol. The third-order valence-corrected chi connectivity index (χ3v) is 3.80. The standard InChI is InChI=1S/C18H26N2O4/c1-18(2,3)24-17(22)20-11-9-19(10-12-20)13-16(21)14-5-7-15(23-4)8-6-14/h5-8H,9-13H2,1-4H3. The molecule has 0 bridgehead atoms. The fraction of sp³-hybridized carbons (Fsp3) is 0.556. The molecule has 1 saturated heterocycles. The molecule has 1 aromatic carbocycles. The van der Waals surface area contributed by atoms with Crippen molar-refractivity contribution in [2.45, 2.75) is 26.4 Å². The molecule has 24 heavy (non-hydrogen) atoms. The number of amides is 1. The Balaban J connectivity index is 1.82. The fourth-order valence-corrected chi connectivity index (χ4v) is 2.49. The highest BCUT2D eigenvalue weighted by Gasteiger charge is 2.26. The highest BCUT2D eigenvalue weighted by atomic mass is 16.6. The van der Waals surface area contributed by atoms with Gasteiger partial charge in [0.1, 0.15) is 11.4 Å². The van der Waals surface area contributed by atoms with Gasteiger partial charge >= 0.3 is 6.09 Å². The summed E-state index contributed by atoms with van der Waals surface area (Å²) >= 11 is 0. The number of piperazine rings is 1. The molecule has 1 aliphatic rings. The minimum atomic E-state index is -0.488. The zero-order valence-corrected chi connectivity index (χ0v) is 14.9. The maximum absolute atomic E-state index is 12.3. The lowest BCUT2D eigenvalue weighted by Crippen LogP contribution is -2.51. The first-order valence-corrected chi connectivity index (χ1v) is 8.16. The molecule has 0 saturated carbocycles. The van der Waals surface area contributed by atoms with Crippen LogP contribution in [0.2, 0.25) is 0 Å². The topological polar surface area (TPSA) is 59.1 Å². The summed E-state index contributed by atoms with van der Waals surface area (Å²) < 4.78 is 10.5. The van der Waals surface area contributed by atoms with Gasteiger partial charge in [0.05, 0.1) is 13.7 Å². The lowest BCUT2D eigenvalue weighted by molar-refractivity contribution is 0.0149. The van der Waals surface area contributed by atoms with Crippen molar-refractivity contribution < 1.29 is 19.1 Å². The van der Waals surface area contributed by atoms with E-state index in [9.17, 15) is 9.59 Å². The highest BCUT2D eigenvalue weighted by molar-refractivity contribution is 5.97. The van der Waals surface area contributed by atoms with E-state index in [1.807, 2.05) is 20.8 Å². The molecule has 1 heterocycles. The molecule has 6 nitrogen and oxygen atoms in total. The van der Waals surface area contributed by atoms with Crippen LogP contribution in [0.15, 0.2) is 24.3 Å². The number of rotatable bonds is 4. The quantitative estimate of drug-likeness (QED) is 0.792. The van der Waals surface area contributed by atoms with Gasteiger partial charge in [-0.25, -0.2) is 4.79 Å². The molecule has 0 aromatic heterocycles. The van der Waals surface area contributed by atoms with Crippen LogP contribution >= 0.6 is 0 Å². The highest BCUT2D eigenvalue weighted by Crippen LogP contribution is 2.14. The number of carbonyl (C=O) groups is 2. The van der Waals surface area contributed by atoms with E-state index in [1.165, 1.54) is 0 Å². The third kappa shape index (κ3) is 5.23. The first kappa shape index (κ1) is 18.3. The molecule has 132 valence electrons. The first-order chi connectivity index (χ1) is 11.3. The maximum atomic E-state index is 12.3. The van der Waals surface area contributed by atoms with E-state index in [-0.39, 0.29) is 11.9 Å². The number of methoxy groups -OCH3 is 1. The summed E-state index contributed by atoms with van der Waals surface area (Å²) in [7, 11) is 1.60. The van der Waals surface area contributed by atoms with Gasteiger partial charge in [-0.3, -0.25) is 9.69 Å². The normalized spacial score (nSPS) is 15.9. The van der Waals surface area contributed by atoms with Gasteiger partial charge in [0.15, 0.2) is 5.78 Å². The van der Waals surface area contributed by atoms with E-state index in [1.54, 1.807) is 36.3 Å². The molecular weight excluding hydrogens is 308 g/mol. The van der Waals surface area contributed by atoms with Crippen molar-refractivity contribution in [3.63, 3.8) is 0 Å². The molecule has 0 radical (unpaired) electrons. The molecular formula is C18H26N2O4. The Bertz CT molecular complexity index is 570. The zero-order valence-electron chi connectivity index (χ0n) is 14.9. The van der Waals surface area contributed by atoms with Gasteiger partial charge in [-0.1, -0.05) is 0 Å². The van der Waals surface area contributed by atoms with E-state index in [0.717, 1.165) is 5.75 Å². The van der Waals surface area contributed by atoms with Crippen molar-refractivity contribution in [2.24, 2.45) is 0 Å². The Morgan fingerprint density at radius 3 is 2.12 bits per heavy atom. The maximum Gasteiger partial charge on any atom is 0.410 e. The predicted octanol–water partition coefficient (Wildman–Crippen LogP) is 2.43. The molecule has 0 aliphatic carbocycles. The SMILES string of the molecule is COc1ccc(C(=O)CN2CCN(C(=O)OC(C)(C)C)CC2)cc1. The summed E-state index contributed by atoms with van der Waals surface area (Å²) in [6, 6.07) is 7.12. The summed E-state index contributed by atoms with van der Waals surface area (Å²) in [5.41, 5.74) is 0.184. The second kappa shape index (κ2) is 7.66. The molecule has 1 amide bonds. The molecule has 0 unspecified atom stereocenters. The Morgan fingerprint density at radius 1 is 1.04 bits per heavy atom. The van der Waals surface area contributed by atoms with E-state index >= 15 is 0 Å². The summed E-state index contributed by atoms with van der Waals surface area (Å²) in [5, 5.41) is 0. The van der Waals surface area contributed by atoms with E-state index < -0.39 is 5.60 Å². The number of nitrogens with zero attached hydrogens (tertiary/aromatic N) is 2. The van der Waals surface area contributed by atoms with Crippen LogP contribution in [0.4, 0.5) is 4.79 Å². The Kier molecular flexibility index (Phi) is 5.83. The lowest BCUT2D eigenvalue weighted by atomic mass is 10.1. The van der Waals surface area contributed by atoms with Gasteiger partial charge in [0.2, 0.25) is 0 Å². The van der Waals surface area contributed by atoms with Crippen molar-refractivity contribution in [3.8, 4) is 5.75 Å². The van der Waals surface area contributed by atoms with Crippen LogP contribution in [0, 0.1) is 0 Å². The smallest absolute Gasteiger partial charge is 0.410 e. The van der Waals surface area contributed by atoms with Gasteiger partial charge < -0.3 is 14.4 Å². The van der Waals surface area contributed by atoms with Crippen LogP contribution in [0.25, 0.3) is 0 Å². The van der Waals surface area contributed by atoms with Crippen molar-refractivity contribution in [2.75, 3.05) is 39.8 Å². The van der Waals surface area contributed by atoms with Crippen LogP contribution in [0.1, 0.15) is 31.1 Å². The largest absolute Gasteiger partial charge is 0.497 e. The molecule has 1 aromatic rings. The summed E-state index contributed by atoms with van der Waals surface area (Å²) in [6.45, 7) is 8.41. The number of Topliss-reactive ketones (excluding diaryl/α,β-unsaturated/α-hetero) is 1. The Hall–Kier alpha value is -2.08. The summed E-state index contributed by atoms with van der Waals surface area (Å²) in [4.78, 5) is 28.1. The van der Waals surface area contributed by atoms with Crippen molar-refractivity contribution in [1.29, 1.82) is 0 Å². The summed E-state index contributed by atoms with van der Waals surface area (Å²) in [5.74, 6) is 0.806. The molecule has 1 fully saturated rings. The Morgan fingerprint density at radius 2 is 1.62 bits per heavy atom. The average Bonchev–Trinajstić information content (AvgIpc) is 2.54. The van der Waals surface area contributed by atoms with Gasteiger partial charge in [0.25, 0.3) is 0 Å². The second-order valence-corrected chi connectivity index (χ2v) is 6.90. The number of hydrogen-bond acceptors (Lipinski definition) is 5. The van der Waals surface area contributed by atoms with Crippen molar-refractivity contribution in [1.82, 2.24) is 9.80 Å². The van der Waals surface area contributed by atoms with E-state index in [2.05, 4.69) is 4.90 Å². The second-order valence-electron chi connectivity index (χ2n) is 6.90. The van der Waals surface area contributed by atoms with Gasteiger partial charge in [-0.2, -0.15) is 0 Å². The van der Waals surface area contributed by atoms with Gasteiger partial charge in [0, 0.05) is 31.7 Å². The third-order valence-electron chi connectivity index (χ3n) is 3.80. The number of ether oxygens (including phenoxy) is 2. The molecule has 0 spiro atoms. The predicted molar refractivity (Wildman–Crippen MR) is 91.6 cm³/mol. The summed E-state index contributed by atoms with van der Waals surface area (Å²) in [6.07, 6.45) is -0.288. The van der Waals surface area contributed by atoms with Crippen LogP contribution in [0.3, 0.4) is 0 Å². The van der Waals surface area contributed by atoms with Crippen molar-refractivity contribution in [3.05, 3.63) is 29.8 Å². The van der Waals surface area contributed by atoms with Crippen LogP contribution in [-0.4, -0.2) is 67.1 Å². The number of carbonyl (C=O) groups excluding carboxylic acids is 2. The number of hydrogen-bond donors (Lipinski definition) is 0. The van der Waals surface area contributed by atoms with Crippen LogP contribution < -0.4 is 4.74 Å². The molecule has 0 atom stereocenters. The van der Waals surface area contributed by atoms with Crippen molar-refractivity contribution >= 4 is 11.9 Å². The molecule has 1 aliphatic heterocycles. The van der Waals surface area contributed by atoms with E-state index in [4.69, 9.17) is 9.47 Å². The lowest BCUT2D eigenvalue weighted by Gasteiger charge is -2.35. The van der Waals surface area contributed by atoms with Crippen LogP contribution in [0.5, 0.6) is 5.75 Å². The first-order valence-electron chi connectivity index (χ1n) is 8.16.